The fourth-order valence-corrected chi connectivity index (χ4v) is 5.99. The van der Waals surface area contributed by atoms with Gasteiger partial charge in [-0.2, -0.15) is 5.10 Å². The van der Waals surface area contributed by atoms with Crippen molar-refractivity contribution in [3.05, 3.63) is 63.5 Å². The van der Waals surface area contributed by atoms with Crippen molar-refractivity contribution in [1.82, 2.24) is 10.2 Å². The molecule has 5 rings (SSSR count). The van der Waals surface area contributed by atoms with Crippen LogP contribution in [0.2, 0.25) is 0 Å². The molecule has 0 amide bonds. The van der Waals surface area contributed by atoms with E-state index in [1.807, 2.05) is 0 Å². The summed E-state index contributed by atoms with van der Waals surface area (Å²) in [6, 6.07) is 8.77. The maximum atomic E-state index is 13.5. The summed E-state index contributed by atoms with van der Waals surface area (Å²) >= 11 is 0. The summed E-state index contributed by atoms with van der Waals surface area (Å²) in [6.45, 7) is 6.57. The minimum absolute atomic E-state index is 0.0497. The van der Waals surface area contributed by atoms with E-state index >= 15 is 0 Å². The van der Waals surface area contributed by atoms with Crippen molar-refractivity contribution < 1.29 is 4.79 Å². The highest BCUT2D eigenvalue weighted by Crippen LogP contribution is 2.56. The quantitative estimate of drug-likeness (QED) is 0.759. The maximum Gasteiger partial charge on any atom is 0.160 e. The van der Waals surface area contributed by atoms with Gasteiger partial charge in [-0.15, -0.1) is 0 Å². The Hall–Kier alpha value is -2.16. The number of aryl methyl sites for hydroxylation is 2. The van der Waals surface area contributed by atoms with Gasteiger partial charge in [0.2, 0.25) is 0 Å². The number of Topliss-reactive ketones (excluding diaryl/α,β-unsaturated/α-hetero) is 1. The Kier molecular flexibility index (Phi) is 3.20. The van der Waals surface area contributed by atoms with E-state index in [1.54, 1.807) is 0 Å². The van der Waals surface area contributed by atoms with Crippen molar-refractivity contribution in [3.63, 3.8) is 0 Å². The molecule has 3 aliphatic carbocycles. The van der Waals surface area contributed by atoms with Gasteiger partial charge in [0.15, 0.2) is 5.78 Å². The van der Waals surface area contributed by atoms with Crippen molar-refractivity contribution >= 4 is 5.78 Å². The predicted molar refractivity (Wildman–Crippen MR) is 102 cm³/mol. The SMILES string of the molecule is Cc1[nH]nc2c1C1(CCCc3ccccc31)C1=C(C2)CC(C)(C)CC1=O. The van der Waals surface area contributed by atoms with Crippen LogP contribution in [0.25, 0.3) is 0 Å². The molecule has 0 saturated heterocycles. The number of carbonyl (C=O) groups excluding carboxylic acids is 1. The fourth-order valence-electron chi connectivity index (χ4n) is 5.99. The topological polar surface area (TPSA) is 45.8 Å². The molecule has 0 bridgehead atoms. The van der Waals surface area contributed by atoms with Crippen LogP contribution in [0.4, 0.5) is 0 Å². The molecule has 26 heavy (non-hydrogen) atoms. The number of hydrogen-bond donors (Lipinski definition) is 1. The molecule has 1 unspecified atom stereocenters. The van der Waals surface area contributed by atoms with Crippen LogP contribution in [-0.2, 0) is 23.1 Å². The Labute approximate surface area is 154 Å². The minimum Gasteiger partial charge on any atom is -0.294 e. The largest absolute Gasteiger partial charge is 0.294 e. The number of benzene rings is 1. The van der Waals surface area contributed by atoms with Crippen LogP contribution in [0, 0.1) is 12.3 Å². The van der Waals surface area contributed by atoms with Crippen LogP contribution in [-0.4, -0.2) is 16.0 Å². The van der Waals surface area contributed by atoms with E-state index in [0.29, 0.717) is 12.2 Å². The van der Waals surface area contributed by atoms with E-state index in [1.165, 1.54) is 22.3 Å². The number of H-pyrrole nitrogens is 1. The molecule has 2 aromatic rings. The van der Waals surface area contributed by atoms with Gasteiger partial charge in [-0.1, -0.05) is 43.7 Å². The molecule has 0 aliphatic heterocycles. The van der Waals surface area contributed by atoms with Crippen molar-refractivity contribution in [2.24, 2.45) is 5.41 Å². The molecular weight excluding hydrogens is 320 g/mol. The normalized spacial score (nSPS) is 26.5. The molecule has 1 aromatic carbocycles. The molecule has 0 saturated carbocycles. The number of rotatable bonds is 0. The van der Waals surface area contributed by atoms with E-state index in [0.717, 1.165) is 49.1 Å². The molecule has 134 valence electrons. The zero-order valence-electron chi connectivity index (χ0n) is 15.9. The lowest BCUT2D eigenvalue weighted by atomic mass is 9.54. The number of fused-ring (bicyclic) bond motifs is 5. The average molecular weight is 346 g/mol. The molecule has 0 radical (unpaired) electrons. The van der Waals surface area contributed by atoms with Crippen LogP contribution >= 0.6 is 0 Å². The predicted octanol–water partition coefficient (Wildman–Crippen LogP) is 4.58. The first-order valence-electron chi connectivity index (χ1n) is 9.81. The summed E-state index contributed by atoms with van der Waals surface area (Å²) in [5.41, 5.74) is 8.52. The zero-order chi connectivity index (χ0) is 18.1. The van der Waals surface area contributed by atoms with Crippen LogP contribution < -0.4 is 0 Å². The van der Waals surface area contributed by atoms with E-state index in [4.69, 9.17) is 0 Å². The molecule has 1 heterocycles. The first kappa shape index (κ1) is 16.0. The summed E-state index contributed by atoms with van der Waals surface area (Å²) in [5.74, 6) is 0.360. The number of aromatic nitrogens is 2. The van der Waals surface area contributed by atoms with Crippen molar-refractivity contribution in [1.29, 1.82) is 0 Å². The summed E-state index contributed by atoms with van der Waals surface area (Å²) < 4.78 is 0. The standard InChI is InChI=1S/C23H26N2O/c1-14-20-18(25-24-14)11-16-12-22(2,3)13-19(26)21(16)23(20)10-6-8-15-7-4-5-9-17(15)23/h4-5,7,9H,6,8,10-13H2,1-3H3,(H,24,25). The molecule has 1 spiro atoms. The Bertz CT molecular complexity index is 962. The number of ketones is 1. The summed E-state index contributed by atoms with van der Waals surface area (Å²) in [7, 11) is 0. The number of nitrogens with one attached hydrogen (secondary N) is 1. The lowest BCUT2D eigenvalue weighted by Crippen LogP contribution is -2.44. The van der Waals surface area contributed by atoms with E-state index in [2.05, 4.69) is 55.2 Å². The van der Waals surface area contributed by atoms with Gasteiger partial charge in [0.05, 0.1) is 11.1 Å². The number of carbonyl (C=O) groups is 1. The van der Waals surface area contributed by atoms with Gasteiger partial charge in [-0.25, -0.2) is 0 Å². The smallest absolute Gasteiger partial charge is 0.160 e. The fraction of sp³-hybridized carbons (Fsp3) is 0.478. The lowest BCUT2D eigenvalue weighted by molar-refractivity contribution is -0.118. The minimum atomic E-state index is -0.289. The van der Waals surface area contributed by atoms with Gasteiger partial charge >= 0.3 is 0 Å². The van der Waals surface area contributed by atoms with Crippen molar-refractivity contribution in [2.45, 2.75) is 64.7 Å². The van der Waals surface area contributed by atoms with Crippen molar-refractivity contribution in [2.75, 3.05) is 0 Å². The molecule has 1 N–H and O–H groups in total. The molecular formula is C23H26N2O. The highest BCUT2D eigenvalue weighted by molar-refractivity contribution is 6.02. The first-order valence-corrected chi connectivity index (χ1v) is 9.81. The average Bonchev–Trinajstić information content (AvgIpc) is 2.95. The van der Waals surface area contributed by atoms with Gasteiger partial charge in [0, 0.05) is 29.7 Å². The van der Waals surface area contributed by atoms with Gasteiger partial charge in [0.1, 0.15) is 0 Å². The Balaban J connectivity index is 1.87. The molecule has 1 aromatic heterocycles. The molecule has 1 atom stereocenters. The molecule has 3 heteroatoms. The Morgan fingerprint density at radius 2 is 1.96 bits per heavy atom. The second-order valence-corrected chi connectivity index (χ2v) is 9.18. The third kappa shape index (κ3) is 2.00. The Morgan fingerprint density at radius 3 is 2.81 bits per heavy atom. The van der Waals surface area contributed by atoms with Crippen molar-refractivity contribution in [3.8, 4) is 0 Å². The van der Waals surface area contributed by atoms with Gasteiger partial charge in [-0.05, 0) is 49.1 Å². The molecule has 3 aliphatic rings. The Morgan fingerprint density at radius 1 is 1.15 bits per heavy atom. The molecule has 3 nitrogen and oxygen atoms in total. The number of aromatic amines is 1. The van der Waals surface area contributed by atoms with Gasteiger partial charge in [-0.3, -0.25) is 9.89 Å². The second-order valence-electron chi connectivity index (χ2n) is 9.18. The third-order valence-corrected chi connectivity index (χ3v) is 6.70. The highest BCUT2D eigenvalue weighted by atomic mass is 16.1. The van der Waals surface area contributed by atoms with Crippen LogP contribution in [0.1, 0.15) is 67.6 Å². The van der Waals surface area contributed by atoms with Crippen LogP contribution in [0.5, 0.6) is 0 Å². The van der Waals surface area contributed by atoms with E-state index < -0.39 is 0 Å². The lowest BCUT2D eigenvalue weighted by Gasteiger charge is -2.48. The van der Waals surface area contributed by atoms with Gasteiger partial charge < -0.3 is 0 Å². The number of allylic oxidation sites excluding steroid dienone is 2. The van der Waals surface area contributed by atoms with E-state index in [9.17, 15) is 4.79 Å². The van der Waals surface area contributed by atoms with Gasteiger partial charge in [0.25, 0.3) is 0 Å². The number of hydrogen-bond acceptors (Lipinski definition) is 2. The van der Waals surface area contributed by atoms with E-state index in [-0.39, 0.29) is 10.8 Å². The first-order chi connectivity index (χ1) is 12.4. The van der Waals surface area contributed by atoms with Crippen LogP contribution in [0.15, 0.2) is 35.4 Å². The summed E-state index contributed by atoms with van der Waals surface area (Å²) in [5, 5.41) is 7.91. The maximum absolute atomic E-state index is 13.5. The summed E-state index contributed by atoms with van der Waals surface area (Å²) in [4.78, 5) is 13.5. The second kappa shape index (κ2) is 5.18. The summed E-state index contributed by atoms with van der Waals surface area (Å²) in [6.07, 6.45) is 5.72. The third-order valence-electron chi connectivity index (χ3n) is 6.70. The van der Waals surface area contributed by atoms with Crippen LogP contribution in [0.3, 0.4) is 0 Å². The monoisotopic (exact) mass is 346 g/mol. The molecule has 0 fully saturated rings. The zero-order valence-corrected chi connectivity index (χ0v) is 15.9. The highest BCUT2D eigenvalue weighted by Gasteiger charge is 2.52. The number of nitrogens with zero attached hydrogens (tertiary/aromatic N) is 1.